The fourth-order valence-electron chi connectivity index (χ4n) is 1.98. The summed E-state index contributed by atoms with van der Waals surface area (Å²) in [7, 11) is 0. The molecule has 0 bridgehead atoms. The average molecular weight is 205 g/mol. The minimum atomic E-state index is -0.152. The molecule has 0 aromatic heterocycles. The predicted molar refractivity (Wildman–Crippen MR) is 60.0 cm³/mol. The highest BCUT2D eigenvalue weighted by Gasteiger charge is 2.10. The third-order valence-electron chi connectivity index (χ3n) is 2.87. The van der Waals surface area contributed by atoms with Crippen molar-refractivity contribution in [2.75, 3.05) is 0 Å². The van der Waals surface area contributed by atoms with Crippen LogP contribution in [0.3, 0.4) is 0 Å². The number of hydrogen-bond acceptors (Lipinski definition) is 1. The van der Waals surface area contributed by atoms with Gasteiger partial charge >= 0.3 is 0 Å². The van der Waals surface area contributed by atoms with E-state index in [1.165, 1.54) is 11.6 Å². The first-order valence-corrected chi connectivity index (χ1v) is 5.42. The lowest BCUT2D eigenvalue weighted by atomic mass is 9.92. The molecule has 2 N–H and O–H groups in total. The van der Waals surface area contributed by atoms with E-state index in [9.17, 15) is 4.39 Å². The SMILES string of the molecule is NC1CC=C(Cc2cccc(F)c2)CC1. The number of rotatable bonds is 2. The van der Waals surface area contributed by atoms with Gasteiger partial charge in [-0.1, -0.05) is 23.8 Å². The largest absolute Gasteiger partial charge is 0.327 e. The van der Waals surface area contributed by atoms with Gasteiger partial charge in [0.2, 0.25) is 0 Å². The summed E-state index contributed by atoms with van der Waals surface area (Å²) in [5.74, 6) is -0.152. The molecule has 1 aromatic rings. The second-order valence-corrected chi connectivity index (χ2v) is 4.20. The molecule has 0 heterocycles. The van der Waals surface area contributed by atoms with Gasteiger partial charge in [0.1, 0.15) is 5.82 Å². The average Bonchev–Trinajstić information content (AvgIpc) is 2.22. The zero-order chi connectivity index (χ0) is 10.7. The Balaban J connectivity index is 2.03. The predicted octanol–water partition coefficient (Wildman–Crippen LogP) is 2.81. The highest BCUT2D eigenvalue weighted by atomic mass is 19.1. The van der Waals surface area contributed by atoms with Crippen LogP contribution in [0.5, 0.6) is 0 Å². The monoisotopic (exact) mass is 205 g/mol. The van der Waals surface area contributed by atoms with Crippen LogP contribution in [0.15, 0.2) is 35.9 Å². The summed E-state index contributed by atoms with van der Waals surface area (Å²) < 4.78 is 12.9. The van der Waals surface area contributed by atoms with Gasteiger partial charge in [0, 0.05) is 6.04 Å². The molecule has 0 saturated heterocycles. The van der Waals surface area contributed by atoms with Gasteiger partial charge in [-0.15, -0.1) is 0 Å². The van der Waals surface area contributed by atoms with Gasteiger partial charge < -0.3 is 5.73 Å². The molecule has 0 spiro atoms. The van der Waals surface area contributed by atoms with Crippen LogP contribution in [0.25, 0.3) is 0 Å². The molecule has 2 heteroatoms. The van der Waals surface area contributed by atoms with Crippen molar-refractivity contribution in [3.05, 3.63) is 47.3 Å². The van der Waals surface area contributed by atoms with E-state index in [0.717, 1.165) is 31.2 Å². The third kappa shape index (κ3) is 2.90. The molecular weight excluding hydrogens is 189 g/mol. The smallest absolute Gasteiger partial charge is 0.123 e. The highest BCUT2D eigenvalue weighted by Crippen LogP contribution is 2.20. The van der Waals surface area contributed by atoms with Crippen molar-refractivity contribution in [2.45, 2.75) is 31.7 Å². The minimum Gasteiger partial charge on any atom is -0.327 e. The van der Waals surface area contributed by atoms with Crippen LogP contribution < -0.4 is 5.73 Å². The summed E-state index contributed by atoms with van der Waals surface area (Å²) in [6, 6.07) is 7.14. The number of allylic oxidation sites excluding steroid dienone is 1. The fraction of sp³-hybridized carbons (Fsp3) is 0.385. The zero-order valence-electron chi connectivity index (χ0n) is 8.75. The summed E-state index contributed by atoms with van der Waals surface area (Å²) in [5.41, 5.74) is 8.25. The van der Waals surface area contributed by atoms with Crippen LogP contribution in [0.1, 0.15) is 24.8 Å². The van der Waals surface area contributed by atoms with Crippen molar-refractivity contribution in [1.29, 1.82) is 0 Å². The van der Waals surface area contributed by atoms with Gasteiger partial charge in [-0.05, 0) is 43.4 Å². The normalized spacial score (nSPS) is 21.2. The molecule has 1 unspecified atom stereocenters. The Morgan fingerprint density at radius 1 is 1.40 bits per heavy atom. The summed E-state index contributed by atoms with van der Waals surface area (Å²) in [5, 5.41) is 0. The number of hydrogen-bond donors (Lipinski definition) is 1. The lowest BCUT2D eigenvalue weighted by molar-refractivity contribution is 0.582. The van der Waals surface area contributed by atoms with Crippen LogP contribution in [-0.2, 0) is 6.42 Å². The van der Waals surface area contributed by atoms with Crippen molar-refractivity contribution in [3.63, 3.8) is 0 Å². The zero-order valence-corrected chi connectivity index (χ0v) is 8.75. The van der Waals surface area contributed by atoms with E-state index in [1.54, 1.807) is 12.1 Å². The number of nitrogens with two attached hydrogens (primary N) is 1. The molecule has 0 radical (unpaired) electrons. The molecule has 1 aliphatic carbocycles. The summed E-state index contributed by atoms with van der Waals surface area (Å²) >= 11 is 0. The van der Waals surface area contributed by atoms with E-state index >= 15 is 0 Å². The Hall–Kier alpha value is -1.15. The van der Waals surface area contributed by atoms with Crippen LogP contribution in [0.4, 0.5) is 4.39 Å². The fourth-order valence-corrected chi connectivity index (χ4v) is 1.98. The van der Waals surface area contributed by atoms with E-state index in [4.69, 9.17) is 5.73 Å². The maximum Gasteiger partial charge on any atom is 0.123 e. The standard InChI is InChI=1S/C13H16FN/c14-12-3-1-2-11(9-12)8-10-4-6-13(15)7-5-10/h1-4,9,13H,5-8,15H2. The Bertz CT molecular complexity index is 371. The Labute approximate surface area is 89.8 Å². The maximum atomic E-state index is 12.9. The van der Waals surface area contributed by atoms with Crippen molar-refractivity contribution >= 4 is 0 Å². The van der Waals surface area contributed by atoms with Crippen LogP contribution in [-0.4, -0.2) is 6.04 Å². The van der Waals surface area contributed by atoms with E-state index in [0.29, 0.717) is 6.04 Å². The van der Waals surface area contributed by atoms with Gasteiger partial charge in [-0.3, -0.25) is 0 Å². The molecule has 1 aromatic carbocycles. The van der Waals surface area contributed by atoms with Gasteiger partial charge in [-0.2, -0.15) is 0 Å². The minimum absolute atomic E-state index is 0.152. The van der Waals surface area contributed by atoms with Crippen LogP contribution in [0.2, 0.25) is 0 Å². The first kappa shape index (κ1) is 10.4. The topological polar surface area (TPSA) is 26.0 Å². The maximum absolute atomic E-state index is 12.9. The molecule has 1 nitrogen and oxygen atoms in total. The molecule has 80 valence electrons. The van der Waals surface area contributed by atoms with Crippen LogP contribution in [0, 0.1) is 5.82 Å². The summed E-state index contributed by atoms with van der Waals surface area (Å²) in [6.45, 7) is 0. The molecule has 1 atom stereocenters. The van der Waals surface area contributed by atoms with Gasteiger partial charge in [0.15, 0.2) is 0 Å². The first-order valence-electron chi connectivity index (χ1n) is 5.42. The second-order valence-electron chi connectivity index (χ2n) is 4.20. The van der Waals surface area contributed by atoms with E-state index in [-0.39, 0.29) is 5.82 Å². The van der Waals surface area contributed by atoms with Crippen molar-refractivity contribution < 1.29 is 4.39 Å². The van der Waals surface area contributed by atoms with Crippen molar-refractivity contribution in [1.82, 2.24) is 0 Å². The molecule has 0 saturated carbocycles. The van der Waals surface area contributed by atoms with Gasteiger partial charge in [0.05, 0.1) is 0 Å². The number of benzene rings is 1. The van der Waals surface area contributed by atoms with Gasteiger partial charge in [0.25, 0.3) is 0 Å². The Morgan fingerprint density at radius 2 is 2.27 bits per heavy atom. The number of halogens is 1. The third-order valence-corrected chi connectivity index (χ3v) is 2.87. The van der Waals surface area contributed by atoms with E-state index in [1.807, 2.05) is 6.07 Å². The molecule has 2 rings (SSSR count). The first-order chi connectivity index (χ1) is 7.24. The quantitative estimate of drug-likeness (QED) is 0.738. The summed E-state index contributed by atoms with van der Waals surface area (Å²) in [6.07, 6.45) is 6.15. The van der Waals surface area contributed by atoms with Gasteiger partial charge in [-0.25, -0.2) is 4.39 Å². The van der Waals surface area contributed by atoms with E-state index < -0.39 is 0 Å². The van der Waals surface area contributed by atoms with Crippen molar-refractivity contribution in [3.8, 4) is 0 Å². The lowest BCUT2D eigenvalue weighted by Gasteiger charge is -2.18. The molecule has 0 fully saturated rings. The van der Waals surface area contributed by atoms with Crippen LogP contribution >= 0.6 is 0 Å². The Morgan fingerprint density at radius 3 is 2.93 bits per heavy atom. The van der Waals surface area contributed by atoms with Crippen molar-refractivity contribution in [2.24, 2.45) is 5.73 Å². The highest BCUT2D eigenvalue weighted by molar-refractivity contribution is 5.23. The Kier molecular flexibility index (Phi) is 3.17. The molecule has 0 amide bonds. The molecule has 0 aliphatic heterocycles. The molecule has 1 aliphatic rings. The molecule has 15 heavy (non-hydrogen) atoms. The summed E-state index contributed by atoms with van der Waals surface area (Å²) in [4.78, 5) is 0. The second kappa shape index (κ2) is 4.58. The molecular formula is C13H16FN. The van der Waals surface area contributed by atoms with E-state index in [2.05, 4.69) is 6.08 Å². The lowest BCUT2D eigenvalue weighted by Crippen LogP contribution is -2.22.